The highest BCUT2D eigenvalue weighted by molar-refractivity contribution is 7.16. The molecule has 0 atom stereocenters. The fraction of sp³-hybridized carbons (Fsp3) is 0.158. The largest absolute Gasteiger partial charge is 0.302 e. The Balaban J connectivity index is 1.43. The molecule has 1 aromatic carbocycles. The Morgan fingerprint density at radius 1 is 1.22 bits per heavy atom. The normalized spacial score (nSPS) is 11.0. The van der Waals surface area contributed by atoms with Gasteiger partial charge in [0.05, 0.1) is 27.8 Å². The molecule has 0 aliphatic carbocycles. The Morgan fingerprint density at radius 3 is 2.93 bits per heavy atom. The second-order valence-electron chi connectivity index (χ2n) is 6.03. The minimum Gasteiger partial charge on any atom is -0.302 e. The van der Waals surface area contributed by atoms with Crippen LogP contribution in [-0.4, -0.2) is 20.4 Å². The first-order valence-electron chi connectivity index (χ1n) is 8.36. The first-order chi connectivity index (χ1) is 13.1. The Labute approximate surface area is 163 Å². The standard InChI is InChI=1S/C19H16N4O2S2/c1-12-4-2-5-13-17(12)20-11-23(18(13)25)8-7-16(24)22-19-21-14(10-27-19)15-6-3-9-26-15/h2-6,9-11H,7-8H2,1H3,(H,21,22,24). The smallest absolute Gasteiger partial charge is 0.261 e. The summed E-state index contributed by atoms with van der Waals surface area (Å²) in [5, 5.41) is 7.83. The van der Waals surface area contributed by atoms with Crippen molar-refractivity contribution in [3.8, 4) is 10.6 Å². The van der Waals surface area contributed by atoms with Crippen molar-refractivity contribution in [2.45, 2.75) is 19.9 Å². The minimum atomic E-state index is -0.182. The lowest BCUT2D eigenvalue weighted by atomic mass is 10.1. The summed E-state index contributed by atoms with van der Waals surface area (Å²) in [6.07, 6.45) is 1.68. The van der Waals surface area contributed by atoms with Gasteiger partial charge >= 0.3 is 0 Å². The van der Waals surface area contributed by atoms with E-state index in [1.165, 1.54) is 22.2 Å². The van der Waals surface area contributed by atoms with Crippen molar-refractivity contribution >= 4 is 44.6 Å². The fourth-order valence-electron chi connectivity index (χ4n) is 2.77. The van der Waals surface area contributed by atoms with Crippen LogP contribution in [0.1, 0.15) is 12.0 Å². The average Bonchev–Trinajstić information content (AvgIpc) is 3.33. The highest BCUT2D eigenvalue weighted by atomic mass is 32.1. The molecule has 0 saturated carbocycles. The van der Waals surface area contributed by atoms with E-state index in [1.807, 2.05) is 41.9 Å². The molecule has 0 bridgehead atoms. The average molecular weight is 396 g/mol. The van der Waals surface area contributed by atoms with E-state index in [1.54, 1.807) is 17.4 Å². The van der Waals surface area contributed by atoms with Crippen LogP contribution in [-0.2, 0) is 11.3 Å². The molecule has 136 valence electrons. The SMILES string of the molecule is Cc1cccc2c(=O)n(CCC(=O)Nc3nc(-c4cccs4)cs3)cnc12. The molecule has 0 aliphatic heterocycles. The number of hydrogen-bond donors (Lipinski definition) is 1. The molecule has 0 unspecified atom stereocenters. The highest BCUT2D eigenvalue weighted by Crippen LogP contribution is 2.28. The number of aryl methyl sites for hydroxylation is 2. The van der Waals surface area contributed by atoms with Gasteiger partial charge < -0.3 is 5.32 Å². The molecule has 4 rings (SSSR count). The number of rotatable bonds is 5. The van der Waals surface area contributed by atoms with Crippen molar-refractivity contribution in [2.75, 3.05) is 5.32 Å². The third-order valence-electron chi connectivity index (χ3n) is 4.16. The molecular formula is C19H16N4O2S2. The second kappa shape index (κ2) is 7.42. The first-order valence-corrected chi connectivity index (χ1v) is 10.1. The number of aromatic nitrogens is 3. The van der Waals surface area contributed by atoms with Crippen LogP contribution in [0.4, 0.5) is 5.13 Å². The molecule has 8 heteroatoms. The van der Waals surface area contributed by atoms with Crippen molar-refractivity contribution in [1.29, 1.82) is 0 Å². The van der Waals surface area contributed by atoms with Crippen LogP contribution in [0, 0.1) is 6.92 Å². The van der Waals surface area contributed by atoms with Crippen LogP contribution in [0.25, 0.3) is 21.5 Å². The predicted octanol–water partition coefficient (Wildman–Crippen LogP) is 3.92. The molecular weight excluding hydrogens is 380 g/mol. The van der Waals surface area contributed by atoms with Gasteiger partial charge in [-0.05, 0) is 30.0 Å². The molecule has 3 heterocycles. The summed E-state index contributed by atoms with van der Waals surface area (Å²) in [6.45, 7) is 2.19. The number of thiazole rings is 1. The Kier molecular flexibility index (Phi) is 4.83. The van der Waals surface area contributed by atoms with Gasteiger partial charge in [0, 0.05) is 18.3 Å². The molecule has 1 amide bonds. The third kappa shape index (κ3) is 3.67. The van der Waals surface area contributed by atoms with Crippen molar-refractivity contribution < 1.29 is 4.79 Å². The van der Waals surface area contributed by atoms with E-state index in [0.29, 0.717) is 16.0 Å². The van der Waals surface area contributed by atoms with Crippen molar-refractivity contribution in [2.24, 2.45) is 0 Å². The highest BCUT2D eigenvalue weighted by Gasteiger charge is 2.10. The van der Waals surface area contributed by atoms with Crippen LogP contribution in [0.15, 0.2) is 52.2 Å². The number of para-hydroxylation sites is 1. The zero-order valence-electron chi connectivity index (χ0n) is 14.5. The van der Waals surface area contributed by atoms with Gasteiger partial charge in [-0.1, -0.05) is 18.2 Å². The molecule has 0 fully saturated rings. The number of anilines is 1. The van der Waals surface area contributed by atoms with E-state index in [4.69, 9.17) is 0 Å². The number of nitrogens with zero attached hydrogens (tertiary/aromatic N) is 3. The summed E-state index contributed by atoms with van der Waals surface area (Å²) in [7, 11) is 0. The fourth-order valence-corrected chi connectivity index (χ4v) is 4.26. The van der Waals surface area contributed by atoms with Gasteiger partial charge in [-0.15, -0.1) is 22.7 Å². The molecule has 3 aromatic heterocycles. The molecule has 1 N–H and O–H groups in total. The molecule has 0 spiro atoms. The zero-order chi connectivity index (χ0) is 18.8. The Bertz CT molecular complexity index is 1160. The maximum absolute atomic E-state index is 12.6. The number of fused-ring (bicyclic) bond motifs is 1. The number of thiophene rings is 1. The number of carbonyl (C=O) groups is 1. The van der Waals surface area contributed by atoms with Gasteiger partial charge in [0.15, 0.2) is 5.13 Å². The number of hydrogen-bond acceptors (Lipinski definition) is 6. The van der Waals surface area contributed by atoms with Crippen LogP contribution in [0.3, 0.4) is 0 Å². The number of carbonyl (C=O) groups excluding carboxylic acids is 1. The van der Waals surface area contributed by atoms with Gasteiger partial charge in [-0.25, -0.2) is 9.97 Å². The minimum absolute atomic E-state index is 0.134. The van der Waals surface area contributed by atoms with Crippen molar-refractivity contribution in [3.05, 3.63) is 63.3 Å². The molecule has 6 nitrogen and oxygen atoms in total. The predicted molar refractivity (Wildman–Crippen MR) is 109 cm³/mol. The van der Waals surface area contributed by atoms with Crippen LogP contribution in [0.2, 0.25) is 0 Å². The number of amides is 1. The topological polar surface area (TPSA) is 76.9 Å². The molecule has 4 aromatic rings. The molecule has 0 aliphatic rings. The molecule has 27 heavy (non-hydrogen) atoms. The van der Waals surface area contributed by atoms with Crippen molar-refractivity contribution in [1.82, 2.24) is 14.5 Å². The van der Waals surface area contributed by atoms with E-state index in [2.05, 4.69) is 15.3 Å². The first kappa shape index (κ1) is 17.6. The quantitative estimate of drug-likeness (QED) is 0.555. The summed E-state index contributed by atoms with van der Waals surface area (Å²) in [6, 6.07) is 9.48. The maximum Gasteiger partial charge on any atom is 0.261 e. The van der Waals surface area contributed by atoms with Crippen LogP contribution in [0.5, 0.6) is 0 Å². The lowest BCUT2D eigenvalue weighted by molar-refractivity contribution is -0.116. The van der Waals surface area contributed by atoms with Crippen LogP contribution >= 0.6 is 22.7 Å². The molecule has 0 radical (unpaired) electrons. The van der Waals surface area contributed by atoms with E-state index in [-0.39, 0.29) is 24.4 Å². The van der Waals surface area contributed by atoms with Gasteiger partial charge in [0.2, 0.25) is 5.91 Å². The zero-order valence-corrected chi connectivity index (χ0v) is 16.1. The summed E-state index contributed by atoms with van der Waals surface area (Å²) in [5.41, 5.74) is 2.38. The number of nitrogens with one attached hydrogen (secondary N) is 1. The number of benzene rings is 1. The van der Waals surface area contributed by atoms with Crippen LogP contribution < -0.4 is 10.9 Å². The Hall–Kier alpha value is -2.84. The van der Waals surface area contributed by atoms with Gasteiger partial charge in [0.25, 0.3) is 5.56 Å². The van der Waals surface area contributed by atoms with E-state index in [0.717, 1.165) is 16.1 Å². The van der Waals surface area contributed by atoms with E-state index in [9.17, 15) is 9.59 Å². The monoisotopic (exact) mass is 396 g/mol. The molecule has 0 saturated heterocycles. The van der Waals surface area contributed by atoms with Gasteiger partial charge in [-0.3, -0.25) is 14.2 Å². The third-order valence-corrected chi connectivity index (χ3v) is 5.81. The summed E-state index contributed by atoms with van der Waals surface area (Å²) in [5.74, 6) is -0.182. The van der Waals surface area contributed by atoms with Gasteiger partial charge in [-0.2, -0.15) is 0 Å². The summed E-state index contributed by atoms with van der Waals surface area (Å²) >= 11 is 2.99. The lowest BCUT2D eigenvalue weighted by Gasteiger charge is -2.07. The van der Waals surface area contributed by atoms with Crippen molar-refractivity contribution in [3.63, 3.8) is 0 Å². The lowest BCUT2D eigenvalue weighted by Crippen LogP contribution is -2.23. The maximum atomic E-state index is 12.6. The Morgan fingerprint density at radius 2 is 2.11 bits per heavy atom. The second-order valence-corrected chi connectivity index (χ2v) is 7.83. The van der Waals surface area contributed by atoms with Gasteiger partial charge in [0.1, 0.15) is 0 Å². The van der Waals surface area contributed by atoms with E-state index >= 15 is 0 Å². The summed E-state index contributed by atoms with van der Waals surface area (Å²) < 4.78 is 1.47. The summed E-state index contributed by atoms with van der Waals surface area (Å²) in [4.78, 5) is 34.7. The van der Waals surface area contributed by atoms with E-state index < -0.39 is 0 Å².